The zero-order valence-electron chi connectivity index (χ0n) is 32.7. The number of nitrogens with zero attached hydrogens (tertiary/aromatic N) is 3. The minimum absolute atomic E-state index is 0. The fourth-order valence-corrected chi connectivity index (χ4v) is 9.43. The van der Waals surface area contributed by atoms with E-state index in [1.807, 2.05) is 12.1 Å². The van der Waals surface area contributed by atoms with Crippen LogP contribution in [-0.4, -0.2) is 71.4 Å². The van der Waals surface area contributed by atoms with Gasteiger partial charge in [0, 0.05) is 50.5 Å². The molecule has 7 aromatic rings. The van der Waals surface area contributed by atoms with Crippen LogP contribution in [0.5, 0.6) is 0 Å². The van der Waals surface area contributed by atoms with E-state index in [-0.39, 0.29) is 61.7 Å². The molecule has 329 valence electrons. The van der Waals surface area contributed by atoms with Crippen molar-refractivity contribution in [2.75, 3.05) is 0 Å². The molecule has 8 bridgehead atoms. The molecule has 9 rings (SSSR count). The molecule has 0 fully saturated rings. The van der Waals surface area contributed by atoms with Crippen LogP contribution in [0.15, 0.2) is 147 Å². The van der Waals surface area contributed by atoms with E-state index in [2.05, 4.69) is 4.98 Å². The van der Waals surface area contributed by atoms with Gasteiger partial charge in [-0.3, -0.25) is 0 Å². The molecule has 1 radical (unpaired) electrons. The number of aromatic amines is 1. The van der Waals surface area contributed by atoms with E-state index in [1.165, 1.54) is 48.5 Å². The van der Waals surface area contributed by atoms with E-state index in [4.69, 9.17) is 9.97 Å². The van der Waals surface area contributed by atoms with Gasteiger partial charge in [0.1, 0.15) is 40.5 Å². The molecule has 0 amide bonds. The van der Waals surface area contributed by atoms with Crippen molar-refractivity contribution in [3.05, 3.63) is 150 Å². The quantitative estimate of drug-likeness (QED) is 0.122. The second-order valence-electron chi connectivity index (χ2n) is 14.4. The van der Waals surface area contributed by atoms with Gasteiger partial charge in [-0.15, -0.1) is 0 Å². The van der Waals surface area contributed by atoms with Crippen molar-refractivity contribution in [1.29, 1.82) is 0 Å². The standard InChI is InChI=1S/C44H30N4O12S4.Mn/c49-61(50,51)35-14-1-26(2-15-35)41-39-22-11-32(47-39)24-31-8-7-29(45-31)23-30-9-10-33(46-30)25-40-42(27-3-16-36(17-4-27)62(52,53)54)43(28-5-18-37(19-6-28)63(55,56)57)44(41)48(40)34-12-20-38(21-13-34)64(58,59)60;/h1-25,45H,(H,49,50,51)(H,52,53,54)(H,55,56,57)(H,58,59,60);/p-4. The van der Waals surface area contributed by atoms with Gasteiger partial charge in [0.2, 0.25) is 0 Å². The fraction of sp³-hybridized carbons (Fsp3) is 0. The predicted octanol–water partition coefficient (Wildman–Crippen LogP) is 6.73. The number of fused-ring (bicyclic) bond motifs is 8. The molecule has 0 saturated carbocycles. The van der Waals surface area contributed by atoms with Crippen LogP contribution in [0.25, 0.3) is 85.4 Å². The van der Waals surface area contributed by atoms with Crippen LogP contribution in [-0.2, 0) is 57.5 Å². The van der Waals surface area contributed by atoms with Crippen molar-refractivity contribution in [2.24, 2.45) is 0 Å². The maximum atomic E-state index is 12.2. The Balaban J connectivity index is 0.00000576. The van der Waals surface area contributed by atoms with Gasteiger partial charge in [0.25, 0.3) is 0 Å². The number of nitrogens with one attached hydrogen (secondary N) is 1. The first kappa shape index (κ1) is 45.2. The molecule has 0 aliphatic carbocycles. The van der Waals surface area contributed by atoms with Crippen LogP contribution in [0.3, 0.4) is 0 Å². The smallest absolute Gasteiger partial charge is 0.124 e. The third-order valence-electron chi connectivity index (χ3n) is 10.3. The minimum atomic E-state index is -4.96. The second kappa shape index (κ2) is 16.6. The molecule has 0 spiro atoms. The number of hydrogen-bond acceptors (Lipinski definition) is 14. The van der Waals surface area contributed by atoms with E-state index in [0.717, 1.165) is 48.5 Å². The monoisotopic (exact) mass is 985 g/mol. The Morgan fingerprint density at radius 1 is 0.415 bits per heavy atom. The Morgan fingerprint density at radius 2 is 0.785 bits per heavy atom. The minimum Gasteiger partial charge on any atom is -0.744 e. The van der Waals surface area contributed by atoms with Crippen LogP contribution in [0.1, 0.15) is 22.8 Å². The molecular weight excluding hydrogens is 960 g/mol. The average molecular weight is 986 g/mol. The summed E-state index contributed by atoms with van der Waals surface area (Å²) in [4.78, 5) is 10.9. The Morgan fingerprint density at radius 3 is 1.23 bits per heavy atom. The van der Waals surface area contributed by atoms with Gasteiger partial charge in [-0.1, -0.05) is 36.4 Å². The summed E-state index contributed by atoms with van der Waals surface area (Å²) in [6, 6.07) is 28.7. The number of benzene rings is 4. The Bertz CT molecular complexity index is 3800. The van der Waals surface area contributed by atoms with Crippen molar-refractivity contribution in [1.82, 2.24) is 19.5 Å². The third kappa shape index (κ3) is 9.02. The normalized spacial score (nSPS) is 12.9. The van der Waals surface area contributed by atoms with Crippen molar-refractivity contribution in [3.8, 4) is 39.1 Å². The number of aromatic nitrogens is 4. The molecule has 21 heteroatoms. The summed E-state index contributed by atoms with van der Waals surface area (Å²) >= 11 is 0. The molecule has 4 aromatic carbocycles. The van der Waals surface area contributed by atoms with Crippen LogP contribution in [0, 0.1) is 0 Å². The van der Waals surface area contributed by atoms with Gasteiger partial charge < -0.3 is 27.8 Å². The molecule has 0 saturated heterocycles. The van der Waals surface area contributed by atoms with Crippen LogP contribution in [0.4, 0.5) is 0 Å². The number of rotatable bonds is 8. The zero-order chi connectivity index (χ0) is 45.3. The zero-order valence-corrected chi connectivity index (χ0v) is 37.1. The van der Waals surface area contributed by atoms with E-state index in [9.17, 15) is 51.9 Å². The summed E-state index contributed by atoms with van der Waals surface area (Å²) in [7, 11) is -19.8. The predicted molar refractivity (Wildman–Crippen MR) is 232 cm³/mol. The van der Waals surface area contributed by atoms with Gasteiger partial charge in [0.05, 0.1) is 53.4 Å². The molecule has 16 nitrogen and oxygen atoms in total. The molecule has 0 atom stereocenters. The van der Waals surface area contributed by atoms with E-state index in [0.29, 0.717) is 39.2 Å². The van der Waals surface area contributed by atoms with Crippen molar-refractivity contribution in [2.45, 2.75) is 19.6 Å². The maximum Gasteiger partial charge on any atom is 0.124 e. The maximum absolute atomic E-state index is 12.2. The summed E-state index contributed by atoms with van der Waals surface area (Å²) in [5.74, 6) is 0. The van der Waals surface area contributed by atoms with Gasteiger partial charge in [-0.25, -0.2) is 43.6 Å². The van der Waals surface area contributed by atoms with Gasteiger partial charge in [-0.05, 0) is 132 Å². The van der Waals surface area contributed by atoms with Gasteiger partial charge in [-0.2, -0.15) is 0 Å². The molecule has 2 aliphatic rings. The summed E-state index contributed by atoms with van der Waals surface area (Å²) in [6.07, 6.45) is 6.85. The van der Waals surface area contributed by atoms with Crippen molar-refractivity contribution in [3.63, 3.8) is 0 Å². The first-order chi connectivity index (χ1) is 30.2. The van der Waals surface area contributed by atoms with Crippen LogP contribution < -0.4 is 0 Å². The summed E-state index contributed by atoms with van der Waals surface area (Å²) in [5, 5.41) is 0. The largest absolute Gasteiger partial charge is 0.744 e. The molecule has 2 aliphatic heterocycles. The summed E-state index contributed by atoms with van der Waals surface area (Å²) in [6.45, 7) is 0. The number of H-pyrrole nitrogens is 1. The first-order valence-corrected chi connectivity index (χ1v) is 24.3. The van der Waals surface area contributed by atoms with E-state index in [1.54, 1.807) is 47.1 Å². The fourth-order valence-electron chi connectivity index (χ4n) is 7.55. The summed E-state index contributed by atoms with van der Waals surface area (Å²) in [5.41, 5.74) is 5.38. The second-order valence-corrected chi connectivity index (χ2v) is 19.9. The van der Waals surface area contributed by atoms with Gasteiger partial charge >= 0.3 is 0 Å². The molecule has 0 unspecified atom stereocenters. The molecular formula is C44H26MnN4O12S4-4. The number of hydrogen-bond donors (Lipinski definition) is 1. The first-order valence-electron chi connectivity index (χ1n) is 18.6. The van der Waals surface area contributed by atoms with Gasteiger partial charge in [0.15, 0.2) is 0 Å². The topological polar surface area (TPSA) is 275 Å². The average Bonchev–Trinajstić information content (AvgIpc) is 4.05. The van der Waals surface area contributed by atoms with Crippen molar-refractivity contribution >= 4 is 86.8 Å². The SMILES string of the molecule is O=S(=O)([O-])c1ccc(-c2c(-c3ccc(S(=O)(=O)[O-])cc3)c3c(-c4ccc(S(=O)(=O)[O-])cc4)c4nc(cc5ccc(cc6nc(cc2n3-c2ccc(S(=O)(=O)[O-])cc2)C=C6)[nH]5)C=C4)cc1.[Mn]. The molecule has 65 heavy (non-hydrogen) atoms. The van der Waals surface area contributed by atoms with Crippen LogP contribution in [0.2, 0.25) is 0 Å². The molecule has 1 N–H and O–H groups in total. The molecule has 5 heterocycles. The molecule has 3 aromatic heterocycles. The van der Waals surface area contributed by atoms with E-state index >= 15 is 0 Å². The summed E-state index contributed by atoms with van der Waals surface area (Å²) < 4.78 is 148. The van der Waals surface area contributed by atoms with Crippen molar-refractivity contribution < 1.29 is 69.0 Å². The Hall–Kier alpha value is -6.36. The Kier molecular flexibility index (Phi) is 11.5. The Labute approximate surface area is 381 Å². The van der Waals surface area contributed by atoms with Crippen LogP contribution >= 0.6 is 0 Å². The third-order valence-corrected chi connectivity index (χ3v) is 13.7. The van der Waals surface area contributed by atoms with E-state index < -0.39 is 60.1 Å².